The second-order valence-electron chi connectivity index (χ2n) is 4.58. The van der Waals surface area contributed by atoms with Crippen LogP contribution >= 0.6 is 23.6 Å². The van der Waals surface area contributed by atoms with Crippen LogP contribution in [0.1, 0.15) is 17.4 Å². The predicted molar refractivity (Wildman–Crippen MR) is 80.0 cm³/mol. The van der Waals surface area contributed by atoms with Crippen LogP contribution < -0.4 is 10.6 Å². The first-order valence-electron chi connectivity index (χ1n) is 6.20. The smallest absolute Gasteiger partial charge is 0.279 e. The highest BCUT2D eigenvalue weighted by molar-refractivity contribution is 7.73. The molecule has 0 radical (unpaired) electrons. The minimum Gasteiger partial charge on any atom is -0.493 e. The van der Waals surface area contributed by atoms with Crippen molar-refractivity contribution in [2.45, 2.75) is 20.4 Å². The molecule has 0 unspecified atom stereocenters. The van der Waals surface area contributed by atoms with E-state index < -0.39 is 0 Å². The highest BCUT2D eigenvalue weighted by atomic mass is 32.1. The van der Waals surface area contributed by atoms with Gasteiger partial charge in [-0.15, -0.1) is 11.3 Å². The fourth-order valence-electron chi connectivity index (χ4n) is 2.29. The maximum absolute atomic E-state index is 12.2. The molecule has 6 heteroatoms. The van der Waals surface area contributed by atoms with Crippen LogP contribution in [-0.4, -0.2) is 15.6 Å². The van der Waals surface area contributed by atoms with Crippen molar-refractivity contribution in [3.05, 3.63) is 43.2 Å². The van der Waals surface area contributed by atoms with E-state index in [0.717, 1.165) is 10.8 Å². The number of benzene rings is 1. The molecule has 1 N–H and O–H groups in total. The summed E-state index contributed by atoms with van der Waals surface area (Å²) in [6.45, 7) is 4.43. The standard InChI is InChI=1S/C14H12N2O2S2/c1-3-16-13(18)11(20-14(16)19)10-8-6-7(2)4-5-9(8)15-12(10)17/h4-6,18H,3H2,1-2H3. The number of hydrogen-bond donors (Lipinski definition) is 1. The lowest BCUT2D eigenvalue weighted by Crippen LogP contribution is -2.23. The second kappa shape index (κ2) is 4.64. The first-order valence-corrected chi connectivity index (χ1v) is 7.42. The van der Waals surface area contributed by atoms with Gasteiger partial charge in [0.2, 0.25) is 5.88 Å². The van der Waals surface area contributed by atoms with Gasteiger partial charge in [0, 0.05) is 11.8 Å². The summed E-state index contributed by atoms with van der Waals surface area (Å²) < 4.78 is 2.17. The van der Waals surface area contributed by atoms with Crippen LogP contribution in [0.3, 0.4) is 0 Å². The SMILES string of the molecule is CCn1c(O)c(C2=c3cc(C)ccc3=NC2=O)sc1=S. The van der Waals surface area contributed by atoms with E-state index >= 15 is 0 Å². The molecule has 0 fully saturated rings. The lowest BCUT2D eigenvalue weighted by Gasteiger charge is -2.01. The van der Waals surface area contributed by atoms with Crippen LogP contribution in [0.15, 0.2) is 23.2 Å². The summed E-state index contributed by atoms with van der Waals surface area (Å²) >= 11 is 6.47. The van der Waals surface area contributed by atoms with Gasteiger partial charge >= 0.3 is 0 Å². The summed E-state index contributed by atoms with van der Waals surface area (Å²) in [6.07, 6.45) is 0. The zero-order valence-electron chi connectivity index (χ0n) is 11.0. The largest absolute Gasteiger partial charge is 0.493 e. The molecule has 4 nitrogen and oxygen atoms in total. The van der Waals surface area contributed by atoms with Crippen LogP contribution in [0.2, 0.25) is 0 Å². The molecule has 2 aromatic rings. The maximum Gasteiger partial charge on any atom is 0.279 e. The molecule has 0 saturated heterocycles. The van der Waals surface area contributed by atoms with E-state index in [1.165, 1.54) is 11.3 Å². The van der Waals surface area contributed by atoms with Gasteiger partial charge < -0.3 is 5.11 Å². The van der Waals surface area contributed by atoms with Gasteiger partial charge in [0.15, 0.2) is 3.95 Å². The Morgan fingerprint density at radius 1 is 1.45 bits per heavy atom. The topological polar surface area (TPSA) is 54.6 Å². The van der Waals surface area contributed by atoms with Gasteiger partial charge in [0.1, 0.15) is 4.88 Å². The fraction of sp³-hybridized carbons (Fsp3) is 0.214. The van der Waals surface area contributed by atoms with Gasteiger partial charge in [0.05, 0.1) is 10.9 Å². The summed E-state index contributed by atoms with van der Waals surface area (Å²) in [5, 5.41) is 11.7. The molecular formula is C14H12N2O2S2. The Labute approximate surface area is 124 Å². The molecule has 1 amide bonds. The highest BCUT2D eigenvalue weighted by Crippen LogP contribution is 2.32. The predicted octanol–water partition coefficient (Wildman–Crippen LogP) is 1.67. The molecule has 1 aliphatic heterocycles. The minimum atomic E-state index is -0.319. The van der Waals surface area contributed by atoms with Crippen molar-refractivity contribution in [1.29, 1.82) is 0 Å². The Morgan fingerprint density at radius 3 is 2.85 bits per heavy atom. The number of aromatic hydroxyl groups is 1. The normalized spacial score (nSPS) is 13.5. The van der Waals surface area contributed by atoms with Crippen molar-refractivity contribution < 1.29 is 9.90 Å². The maximum atomic E-state index is 12.2. The Hall–Kier alpha value is -1.79. The molecule has 20 heavy (non-hydrogen) atoms. The number of carbonyl (C=O) groups excluding carboxylic acids is 1. The Kier molecular flexibility index (Phi) is 3.07. The number of aryl methyl sites for hydroxylation is 1. The van der Waals surface area contributed by atoms with Crippen molar-refractivity contribution in [1.82, 2.24) is 4.57 Å². The number of nitrogens with zero attached hydrogens (tertiary/aromatic N) is 2. The number of carbonyl (C=O) groups is 1. The number of thiazole rings is 1. The summed E-state index contributed by atoms with van der Waals surface area (Å²) in [5.41, 5.74) is 1.49. The molecule has 102 valence electrons. The van der Waals surface area contributed by atoms with Gasteiger partial charge in [-0.3, -0.25) is 9.36 Å². The average Bonchev–Trinajstić information content (AvgIpc) is 2.85. The quantitative estimate of drug-likeness (QED) is 0.859. The van der Waals surface area contributed by atoms with E-state index in [4.69, 9.17) is 12.2 Å². The van der Waals surface area contributed by atoms with Crippen LogP contribution in [0.25, 0.3) is 5.57 Å². The van der Waals surface area contributed by atoms with Gasteiger partial charge in [-0.1, -0.05) is 11.6 Å². The molecule has 1 aromatic heterocycles. The van der Waals surface area contributed by atoms with Gasteiger partial charge in [-0.25, -0.2) is 4.99 Å². The van der Waals surface area contributed by atoms with Crippen LogP contribution in [0.5, 0.6) is 5.88 Å². The van der Waals surface area contributed by atoms with Crippen molar-refractivity contribution in [2.75, 3.05) is 0 Å². The first-order chi connectivity index (χ1) is 9.52. The Morgan fingerprint density at radius 2 is 2.20 bits per heavy atom. The number of amides is 1. The molecule has 0 saturated carbocycles. The van der Waals surface area contributed by atoms with E-state index in [-0.39, 0.29) is 11.8 Å². The number of aromatic nitrogens is 1. The number of fused-ring (bicyclic) bond motifs is 1. The third-order valence-corrected chi connectivity index (χ3v) is 4.73. The number of rotatable bonds is 2. The van der Waals surface area contributed by atoms with Crippen LogP contribution in [0, 0.1) is 10.9 Å². The first kappa shape index (κ1) is 13.2. The Bertz CT molecular complexity index is 906. The molecule has 0 atom stereocenters. The molecule has 1 aromatic carbocycles. The number of hydrogen-bond acceptors (Lipinski definition) is 4. The summed E-state index contributed by atoms with van der Waals surface area (Å²) in [5.74, 6) is -0.268. The van der Waals surface area contributed by atoms with Crippen molar-refractivity contribution in [2.24, 2.45) is 4.99 Å². The van der Waals surface area contributed by atoms with Crippen molar-refractivity contribution >= 4 is 35.0 Å². The van der Waals surface area contributed by atoms with E-state index in [2.05, 4.69) is 4.99 Å². The zero-order chi connectivity index (χ0) is 14.4. The monoisotopic (exact) mass is 304 g/mol. The van der Waals surface area contributed by atoms with Gasteiger partial charge in [0.25, 0.3) is 5.91 Å². The molecule has 2 heterocycles. The average molecular weight is 304 g/mol. The fourth-order valence-corrected chi connectivity index (χ4v) is 3.75. The van der Waals surface area contributed by atoms with Crippen LogP contribution in [0.4, 0.5) is 0 Å². The van der Waals surface area contributed by atoms with E-state index in [1.807, 2.05) is 32.0 Å². The van der Waals surface area contributed by atoms with Gasteiger partial charge in [-0.05, 0) is 38.2 Å². The minimum absolute atomic E-state index is 0.0513. The molecule has 0 bridgehead atoms. The summed E-state index contributed by atoms with van der Waals surface area (Å²) in [7, 11) is 0. The van der Waals surface area contributed by atoms with Crippen molar-refractivity contribution in [3.63, 3.8) is 0 Å². The highest BCUT2D eigenvalue weighted by Gasteiger charge is 2.24. The van der Waals surface area contributed by atoms with E-state index in [9.17, 15) is 9.90 Å². The summed E-state index contributed by atoms with van der Waals surface area (Å²) in [6, 6.07) is 5.65. The molecule has 0 aliphatic carbocycles. The molecule has 1 aliphatic rings. The van der Waals surface area contributed by atoms with Gasteiger partial charge in [-0.2, -0.15) is 0 Å². The third kappa shape index (κ3) is 1.83. The van der Waals surface area contributed by atoms with Crippen molar-refractivity contribution in [3.8, 4) is 5.88 Å². The third-order valence-electron chi connectivity index (χ3n) is 3.27. The Balaban J connectivity index is 2.41. The zero-order valence-corrected chi connectivity index (χ0v) is 12.6. The lowest BCUT2D eigenvalue weighted by atomic mass is 10.1. The second-order valence-corrected chi connectivity index (χ2v) is 6.22. The van der Waals surface area contributed by atoms with Crippen LogP contribution in [-0.2, 0) is 11.3 Å². The van der Waals surface area contributed by atoms with E-state index in [1.54, 1.807) is 4.57 Å². The lowest BCUT2D eigenvalue weighted by molar-refractivity contribution is -0.112. The molecular weight excluding hydrogens is 292 g/mol. The molecule has 0 spiro atoms. The molecule has 3 rings (SSSR count). The summed E-state index contributed by atoms with van der Waals surface area (Å²) in [4.78, 5) is 16.7. The van der Waals surface area contributed by atoms with E-state index in [0.29, 0.717) is 26.3 Å².